The van der Waals surface area contributed by atoms with Crippen LogP contribution in [-0.2, 0) is 9.63 Å². The van der Waals surface area contributed by atoms with Crippen LogP contribution < -0.4 is 16.9 Å². The summed E-state index contributed by atoms with van der Waals surface area (Å²) in [5.41, 5.74) is 11.6. The second kappa shape index (κ2) is 5.33. The summed E-state index contributed by atoms with van der Waals surface area (Å²) in [6, 6.07) is -1.82. The Balaban J connectivity index is 3.31. The molecular formula is C5H11N3O4. The molecule has 6 N–H and O–H groups in total. The Hall–Kier alpha value is -1.34. The molecule has 0 saturated heterocycles. The fourth-order valence-corrected chi connectivity index (χ4v) is 0.432. The molecule has 2 amide bonds. The molecular weight excluding hydrogens is 166 g/mol. The van der Waals surface area contributed by atoms with Crippen LogP contribution in [0.25, 0.3) is 0 Å². The van der Waals surface area contributed by atoms with Crippen LogP contribution in [0.2, 0.25) is 0 Å². The molecule has 0 aliphatic rings. The van der Waals surface area contributed by atoms with E-state index in [0.717, 1.165) is 0 Å². The number of amides is 2. The zero-order valence-corrected chi connectivity index (χ0v) is 6.32. The predicted molar refractivity (Wildman–Crippen MR) is 38.9 cm³/mol. The third-order valence-electron chi connectivity index (χ3n) is 1.02. The van der Waals surface area contributed by atoms with E-state index >= 15 is 0 Å². The number of aliphatic carboxylic acids is 1. The SMILES string of the molecule is NC(=O)NOCCC(N)C(=O)O. The predicted octanol–water partition coefficient (Wildman–Crippen LogP) is -1.61. The van der Waals surface area contributed by atoms with Gasteiger partial charge in [0.1, 0.15) is 6.04 Å². The van der Waals surface area contributed by atoms with Gasteiger partial charge in [0.15, 0.2) is 0 Å². The summed E-state index contributed by atoms with van der Waals surface area (Å²) in [5.74, 6) is -1.11. The fourth-order valence-electron chi connectivity index (χ4n) is 0.432. The van der Waals surface area contributed by atoms with Gasteiger partial charge in [0.05, 0.1) is 6.61 Å². The highest BCUT2D eigenvalue weighted by molar-refractivity contribution is 5.73. The van der Waals surface area contributed by atoms with Crippen LogP contribution in [0.1, 0.15) is 6.42 Å². The molecule has 7 nitrogen and oxygen atoms in total. The van der Waals surface area contributed by atoms with Crippen molar-refractivity contribution in [1.29, 1.82) is 0 Å². The molecule has 0 heterocycles. The van der Waals surface area contributed by atoms with Gasteiger partial charge < -0.3 is 16.6 Å². The largest absolute Gasteiger partial charge is 0.480 e. The zero-order chi connectivity index (χ0) is 9.56. The Morgan fingerprint density at radius 2 is 2.17 bits per heavy atom. The zero-order valence-electron chi connectivity index (χ0n) is 6.32. The third kappa shape index (κ3) is 5.45. The Labute approximate surface area is 68.6 Å². The van der Waals surface area contributed by atoms with Gasteiger partial charge in [0, 0.05) is 0 Å². The molecule has 0 spiro atoms. The number of primary amides is 1. The first-order chi connectivity index (χ1) is 5.54. The second-order valence-electron chi connectivity index (χ2n) is 2.05. The summed E-state index contributed by atoms with van der Waals surface area (Å²) in [7, 11) is 0. The van der Waals surface area contributed by atoms with E-state index in [1.165, 1.54) is 0 Å². The summed E-state index contributed by atoms with van der Waals surface area (Å²) in [6.45, 7) is 0.0103. The number of carbonyl (C=O) groups is 2. The minimum atomic E-state index is -1.11. The highest BCUT2D eigenvalue weighted by Crippen LogP contribution is 1.87. The average Bonchev–Trinajstić information content (AvgIpc) is 1.97. The lowest BCUT2D eigenvalue weighted by Crippen LogP contribution is -2.34. The van der Waals surface area contributed by atoms with E-state index in [1.54, 1.807) is 0 Å². The number of nitrogens with one attached hydrogen (secondary N) is 1. The maximum absolute atomic E-state index is 10.1. The summed E-state index contributed by atoms with van der Waals surface area (Å²) in [6.07, 6.45) is 0.107. The van der Waals surface area contributed by atoms with E-state index in [-0.39, 0.29) is 13.0 Å². The lowest BCUT2D eigenvalue weighted by molar-refractivity contribution is -0.139. The summed E-state index contributed by atoms with van der Waals surface area (Å²) < 4.78 is 0. The van der Waals surface area contributed by atoms with Crippen molar-refractivity contribution in [2.45, 2.75) is 12.5 Å². The fraction of sp³-hybridized carbons (Fsp3) is 0.600. The van der Waals surface area contributed by atoms with Crippen molar-refractivity contribution in [3.8, 4) is 0 Å². The van der Waals surface area contributed by atoms with Crippen LogP contribution in [0.4, 0.5) is 4.79 Å². The average molecular weight is 177 g/mol. The van der Waals surface area contributed by atoms with Crippen molar-refractivity contribution in [1.82, 2.24) is 5.48 Å². The van der Waals surface area contributed by atoms with Crippen LogP contribution in [0.15, 0.2) is 0 Å². The maximum atomic E-state index is 10.1. The second-order valence-corrected chi connectivity index (χ2v) is 2.05. The number of hydrogen-bond acceptors (Lipinski definition) is 4. The first-order valence-electron chi connectivity index (χ1n) is 3.19. The molecule has 70 valence electrons. The van der Waals surface area contributed by atoms with Gasteiger partial charge in [-0.3, -0.25) is 9.63 Å². The van der Waals surface area contributed by atoms with Gasteiger partial charge in [-0.25, -0.2) is 10.3 Å². The third-order valence-corrected chi connectivity index (χ3v) is 1.02. The van der Waals surface area contributed by atoms with Crippen molar-refractivity contribution in [2.24, 2.45) is 11.5 Å². The summed E-state index contributed by atoms with van der Waals surface area (Å²) in [5, 5.41) is 8.30. The van der Waals surface area contributed by atoms with E-state index < -0.39 is 18.0 Å². The Morgan fingerprint density at radius 1 is 1.58 bits per heavy atom. The highest BCUT2D eigenvalue weighted by atomic mass is 16.7. The van der Waals surface area contributed by atoms with Crippen LogP contribution in [0, 0.1) is 0 Å². The molecule has 1 atom stereocenters. The van der Waals surface area contributed by atoms with Gasteiger partial charge in [0.2, 0.25) is 0 Å². The standard InChI is InChI=1S/C5H11N3O4/c6-3(4(9)10)1-2-12-8-5(7)11/h3H,1-2,6H2,(H,9,10)(H3,7,8,11). The topological polar surface area (TPSA) is 128 Å². The summed E-state index contributed by atoms with van der Waals surface area (Å²) in [4.78, 5) is 24.6. The smallest absolute Gasteiger partial charge is 0.336 e. The number of nitrogens with two attached hydrogens (primary N) is 2. The normalized spacial score (nSPS) is 12.1. The van der Waals surface area contributed by atoms with E-state index in [9.17, 15) is 9.59 Å². The quantitative estimate of drug-likeness (QED) is 0.296. The molecule has 0 aliphatic carbocycles. The van der Waals surface area contributed by atoms with Gasteiger partial charge in [-0.1, -0.05) is 0 Å². The van der Waals surface area contributed by atoms with Gasteiger partial charge in [-0.15, -0.1) is 0 Å². The van der Waals surface area contributed by atoms with Crippen LogP contribution in [0.5, 0.6) is 0 Å². The van der Waals surface area contributed by atoms with E-state index in [2.05, 4.69) is 10.6 Å². The molecule has 0 aromatic rings. The van der Waals surface area contributed by atoms with E-state index in [1.807, 2.05) is 5.48 Å². The van der Waals surface area contributed by atoms with Crippen molar-refractivity contribution in [3.63, 3.8) is 0 Å². The number of carboxylic acid groups (broad SMARTS) is 1. The molecule has 0 rings (SSSR count). The molecule has 0 aromatic carbocycles. The van der Waals surface area contributed by atoms with Crippen molar-refractivity contribution in [2.75, 3.05) is 6.61 Å². The Kier molecular flexibility index (Phi) is 4.73. The molecule has 0 fully saturated rings. The molecule has 0 saturated carbocycles. The van der Waals surface area contributed by atoms with Crippen LogP contribution in [0.3, 0.4) is 0 Å². The number of carboxylic acids is 1. The number of rotatable bonds is 5. The van der Waals surface area contributed by atoms with Gasteiger partial charge in [0.25, 0.3) is 0 Å². The summed E-state index contributed by atoms with van der Waals surface area (Å²) >= 11 is 0. The van der Waals surface area contributed by atoms with Gasteiger partial charge in [-0.2, -0.15) is 0 Å². The molecule has 0 aromatic heterocycles. The molecule has 0 aliphatic heterocycles. The lowest BCUT2D eigenvalue weighted by atomic mass is 10.2. The first kappa shape index (κ1) is 10.7. The lowest BCUT2D eigenvalue weighted by Gasteiger charge is -2.05. The van der Waals surface area contributed by atoms with Crippen LogP contribution >= 0.6 is 0 Å². The minimum Gasteiger partial charge on any atom is -0.480 e. The number of hydrogen-bond donors (Lipinski definition) is 4. The van der Waals surface area contributed by atoms with Crippen molar-refractivity contribution >= 4 is 12.0 Å². The van der Waals surface area contributed by atoms with E-state index in [4.69, 9.17) is 10.8 Å². The molecule has 0 radical (unpaired) electrons. The minimum absolute atomic E-state index is 0.0103. The van der Waals surface area contributed by atoms with Gasteiger partial charge in [-0.05, 0) is 6.42 Å². The molecule has 7 heteroatoms. The number of carbonyl (C=O) groups excluding carboxylic acids is 1. The molecule has 12 heavy (non-hydrogen) atoms. The van der Waals surface area contributed by atoms with E-state index in [0.29, 0.717) is 0 Å². The van der Waals surface area contributed by atoms with Crippen LogP contribution in [-0.4, -0.2) is 29.8 Å². The molecule has 1 unspecified atom stereocenters. The Morgan fingerprint density at radius 3 is 2.58 bits per heavy atom. The van der Waals surface area contributed by atoms with Crippen molar-refractivity contribution < 1.29 is 19.5 Å². The maximum Gasteiger partial charge on any atom is 0.336 e. The highest BCUT2D eigenvalue weighted by Gasteiger charge is 2.10. The first-order valence-corrected chi connectivity index (χ1v) is 3.19. The molecule has 0 bridgehead atoms. The monoisotopic (exact) mass is 177 g/mol. The Bertz CT molecular complexity index is 172. The van der Waals surface area contributed by atoms with Gasteiger partial charge >= 0.3 is 12.0 Å². The number of hydroxylamine groups is 1. The number of urea groups is 1. The van der Waals surface area contributed by atoms with Crippen molar-refractivity contribution in [3.05, 3.63) is 0 Å².